The number of benzene rings is 1. The molecule has 4 N–H and O–H groups in total. The van der Waals surface area contributed by atoms with Gasteiger partial charge in [0.2, 0.25) is 0 Å². The lowest BCUT2D eigenvalue weighted by molar-refractivity contribution is -0.120. The Hall–Kier alpha value is -2.25. The number of ketones is 1. The average Bonchev–Trinajstić information content (AvgIpc) is 2.88. The minimum Gasteiger partial charge on any atom is -0.399 e. The van der Waals surface area contributed by atoms with Crippen molar-refractivity contribution in [3.8, 4) is 0 Å². The molecule has 2 heterocycles. The van der Waals surface area contributed by atoms with Crippen LogP contribution in [0, 0.1) is 0 Å². The number of nitrogens with one attached hydrogen (secondary N) is 1. The predicted octanol–water partition coefficient (Wildman–Crippen LogP) is -0.339. The third kappa shape index (κ3) is 2.86. The Labute approximate surface area is 126 Å². The van der Waals surface area contributed by atoms with Crippen LogP contribution in [0.3, 0.4) is 0 Å². The number of hydrogen-bond donors (Lipinski definition) is 3. The summed E-state index contributed by atoms with van der Waals surface area (Å²) >= 11 is 0. The van der Waals surface area contributed by atoms with Gasteiger partial charge in [-0.15, -0.1) is 0 Å². The van der Waals surface area contributed by atoms with Crippen molar-refractivity contribution in [1.82, 2.24) is 14.9 Å². The van der Waals surface area contributed by atoms with Gasteiger partial charge in [-0.3, -0.25) is 14.2 Å². The molecule has 0 spiro atoms. The molecule has 0 saturated carbocycles. The maximum atomic E-state index is 12.4. The van der Waals surface area contributed by atoms with Crippen LogP contribution in [0.15, 0.2) is 29.3 Å². The van der Waals surface area contributed by atoms with E-state index in [1.165, 1.54) is 10.9 Å². The summed E-state index contributed by atoms with van der Waals surface area (Å²) in [5.74, 6) is -0.120. The Morgan fingerprint density at radius 1 is 1.50 bits per heavy atom. The lowest BCUT2D eigenvalue weighted by Gasteiger charge is -2.14. The van der Waals surface area contributed by atoms with E-state index in [1.54, 1.807) is 18.2 Å². The summed E-state index contributed by atoms with van der Waals surface area (Å²) < 4.78 is 1.28. The largest absolute Gasteiger partial charge is 0.399 e. The summed E-state index contributed by atoms with van der Waals surface area (Å²) in [6.45, 7) is 0.650. The van der Waals surface area contributed by atoms with Crippen molar-refractivity contribution in [3.05, 3.63) is 34.9 Å². The number of fused-ring (bicyclic) bond motifs is 1. The molecule has 116 valence electrons. The maximum absolute atomic E-state index is 12.4. The molecule has 22 heavy (non-hydrogen) atoms. The molecule has 7 heteroatoms. The first-order valence-electron chi connectivity index (χ1n) is 7.22. The number of carbonyl (C=O) groups is 1. The van der Waals surface area contributed by atoms with Gasteiger partial charge in [-0.2, -0.15) is 0 Å². The smallest absolute Gasteiger partial charge is 0.261 e. The molecule has 1 saturated heterocycles. The number of Topliss-reactive ketones (excluding diaryl/α,β-unsaturated/α-hetero) is 1. The number of rotatable bonds is 4. The quantitative estimate of drug-likeness (QED) is 0.667. The van der Waals surface area contributed by atoms with Crippen LogP contribution < -0.4 is 16.6 Å². The van der Waals surface area contributed by atoms with Crippen molar-refractivity contribution < 1.29 is 9.90 Å². The molecule has 1 fully saturated rings. The van der Waals surface area contributed by atoms with Crippen LogP contribution in [0.2, 0.25) is 0 Å². The number of carbonyl (C=O) groups excluding carboxylic acids is 1. The number of aromatic nitrogens is 2. The molecular weight excluding hydrogens is 284 g/mol. The maximum Gasteiger partial charge on any atom is 0.261 e. The molecule has 1 aliphatic rings. The third-order valence-electron chi connectivity index (χ3n) is 3.95. The fraction of sp³-hybridized carbons (Fsp3) is 0.400. The number of nitrogens with two attached hydrogens (primary N) is 1. The monoisotopic (exact) mass is 302 g/mol. The number of nitrogens with zero attached hydrogens (tertiary/aromatic N) is 2. The van der Waals surface area contributed by atoms with Crippen LogP contribution in [0.4, 0.5) is 5.69 Å². The number of aliphatic hydroxyl groups excluding tert-OH is 1. The minimum atomic E-state index is -0.504. The molecule has 0 unspecified atom stereocenters. The number of nitrogen functional groups attached to an aromatic ring is 1. The lowest BCUT2D eigenvalue weighted by atomic mass is 10.1. The molecule has 2 aromatic rings. The van der Waals surface area contributed by atoms with Crippen LogP contribution in [0.1, 0.15) is 12.8 Å². The zero-order valence-corrected chi connectivity index (χ0v) is 12.0. The molecule has 0 radical (unpaired) electrons. The van der Waals surface area contributed by atoms with E-state index >= 15 is 0 Å². The van der Waals surface area contributed by atoms with Gasteiger partial charge in [-0.25, -0.2) is 4.98 Å². The van der Waals surface area contributed by atoms with E-state index in [9.17, 15) is 14.7 Å². The average molecular weight is 302 g/mol. The van der Waals surface area contributed by atoms with E-state index in [0.717, 1.165) is 0 Å². The highest BCUT2D eigenvalue weighted by Gasteiger charge is 2.26. The lowest BCUT2D eigenvalue weighted by Crippen LogP contribution is -2.34. The zero-order valence-electron chi connectivity index (χ0n) is 12.0. The normalized spacial score (nSPS) is 21.3. The van der Waals surface area contributed by atoms with Crippen LogP contribution in [0.5, 0.6) is 0 Å². The van der Waals surface area contributed by atoms with Gasteiger partial charge in [0, 0.05) is 18.2 Å². The molecule has 0 bridgehead atoms. The van der Waals surface area contributed by atoms with Crippen molar-refractivity contribution in [1.29, 1.82) is 0 Å². The first-order valence-corrected chi connectivity index (χ1v) is 7.22. The van der Waals surface area contributed by atoms with Crippen molar-refractivity contribution in [3.63, 3.8) is 0 Å². The SMILES string of the molecule is Nc1ccc2ncn(CC(=O)C[C@H]3NCC[C@@H]3O)c(=O)c2c1. The molecule has 1 aliphatic heterocycles. The molecule has 7 nitrogen and oxygen atoms in total. The Bertz CT molecular complexity index is 771. The van der Waals surface area contributed by atoms with Gasteiger partial charge < -0.3 is 16.2 Å². The number of aliphatic hydroxyl groups is 1. The van der Waals surface area contributed by atoms with Gasteiger partial charge >= 0.3 is 0 Å². The summed E-state index contributed by atoms with van der Waals surface area (Å²) in [6, 6.07) is 4.69. The molecule has 1 aromatic heterocycles. The van der Waals surface area contributed by atoms with E-state index in [1.807, 2.05) is 0 Å². The molecule has 0 amide bonds. The van der Waals surface area contributed by atoms with Crippen LogP contribution in [-0.2, 0) is 11.3 Å². The first kappa shape index (κ1) is 14.7. The summed E-state index contributed by atoms with van der Waals surface area (Å²) in [5, 5.41) is 13.2. The third-order valence-corrected chi connectivity index (χ3v) is 3.95. The standard InChI is InChI=1S/C15H18N4O3/c16-9-1-2-12-11(5-9)15(22)19(8-18-12)7-10(20)6-13-14(21)3-4-17-13/h1-2,5,8,13-14,17,21H,3-4,6-7,16H2/t13-,14+/m1/s1. The molecule has 3 rings (SSSR count). The Balaban J connectivity index is 1.80. The fourth-order valence-corrected chi connectivity index (χ4v) is 2.75. The Morgan fingerprint density at radius 2 is 2.32 bits per heavy atom. The van der Waals surface area contributed by atoms with Gasteiger partial charge in [-0.05, 0) is 31.2 Å². The van der Waals surface area contributed by atoms with Gasteiger partial charge in [0.1, 0.15) is 0 Å². The first-order chi connectivity index (χ1) is 10.5. The second-order valence-electron chi connectivity index (χ2n) is 5.61. The summed E-state index contributed by atoms with van der Waals surface area (Å²) in [7, 11) is 0. The van der Waals surface area contributed by atoms with Crippen LogP contribution >= 0.6 is 0 Å². The summed E-state index contributed by atoms with van der Waals surface area (Å²) in [5.41, 5.74) is 6.43. The van der Waals surface area contributed by atoms with E-state index < -0.39 is 6.10 Å². The predicted molar refractivity (Wildman–Crippen MR) is 82.5 cm³/mol. The van der Waals surface area contributed by atoms with E-state index in [0.29, 0.717) is 29.6 Å². The van der Waals surface area contributed by atoms with Crippen LogP contribution in [-0.4, -0.2) is 39.1 Å². The van der Waals surface area contributed by atoms with Crippen LogP contribution in [0.25, 0.3) is 10.9 Å². The van der Waals surface area contributed by atoms with Gasteiger partial charge in [-0.1, -0.05) is 0 Å². The summed E-state index contributed by atoms with van der Waals surface area (Å²) in [6.07, 6.45) is 1.71. The highest BCUT2D eigenvalue weighted by molar-refractivity contribution is 5.82. The van der Waals surface area contributed by atoms with Crippen molar-refractivity contribution >= 4 is 22.4 Å². The van der Waals surface area contributed by atoms with Crippen molar-refractivity contribution in [2.24, 2.45) is 0 Å². The second-order valence-corrected chi connectivity index (χ2v) is 5.61. The van der Waals surface area contributed by atoms with E-state index in [-0.39, 0.29) is 30.3 Å². The van der Waals surface area contributed by atoms with Crippen molar-refractivity contribution in [2.75, 3.05) is 12.3 Å². The van der Waals surface area contributed by atoms with Gasteiger partial charge in [0.05, 0.1) is 29.9 Å². The summed E-state index contributed by atoms with van der Waals surface area (Å²) in [4.78, 5) is 28.6. The Morgan fingerprint density at radius 3 is 3.05 bits per heavy atom. The molecular formula is C15H18N4O3. The number of hydrogen-bond acceptors (Lipinski definition) is 6. The second kappa shape index (κ2) is 5.86. The highest BCUT2D eigenvalue weighted by atomic mass is 16.3. The van der Waals surface area contributed by atoms with E-state index in [2.05, 4.69) is 10.3 Å². The van der Waals surface area contributed by atoms with E-state index in [4.69, 9.17) is 5.73 Å². The highest BCUT2D eigenvalue weighted by Crippen LogP contribution is 2.12. The van der Waals surface area contributed by atoms with Gasteiger partial charge in [0.25, 0.3) is 5.56 Å². The zero-order chi connectivity index (χ0) is 15.7. The minimum absolute atomic E-state index is 0.0541. The van der Waals surface area contributed by atoms with Gasteiger partial charge in [0.15, 0.2) is 5.78 Å². The van der Waals surface area contributed by atoms with Crippen molar-refractivity contribution in [2.45, 2.75) is 31.5 Å². The Kier molecular flexibility index (Phi) is 3.91. The molecule has 0 aliphatic carbocycles. The fourth-order valence-electron chi connectivity index (χ4n) is 2.75. The topological polar surface area (TPSA) is 110 Å². The molecule has 2 atom stereocenters. The molecule has 1 aromatic carbocycles. The number of anilines is 1.